The van der Waals surface area contributed by atoms with E-state index in [4.69, 9.17) is 0 Å². The van der Waals surface area contributed by atoms with E-state index in [0.717, 1.165) is 0 Å². The fourth-order valence-electron chi connectivity index (χ4n) is 1.50. The highest BCUT2D eigenvalue weighted by molar-refractivity contribution is 7.15. The first-order chi connectivity index (χ1) is 8.75. The molecule has 1 N–H and O–H groups in total. The molecular formula is C11H7FN4OS. The molecule has 0 amide bonds. The quantitative estimate of drug-likeness (QED) is 0.744. The zero-order valence-electron chi connectivity index (χ0n) is 9.00. The summed E-state index contributed by atoms with van der Waals surface area (Å²) in [5, 5.41) is 6.56. The molecule has 2 aromatic heterocycles. The van der Waals surface area contributed by atoms with Crippen LogP contribution in [-0.4, -0.2) is 14.6 Å². The molecule has 3 aromatic rings. The van der Waals surface area contributed by atoms with Crippen LogP contribution in [0.5, 0.6) is 0 Å². The van der Waals surface area contributed by atoms with Crippen molar-refractivity contribution in [1.29, 1.82) is 0 Å². The minimum absolute atomic E-state index is 0.267. The Bertz CT molecular complexity index is 810. The molecule has 0 saturated heterocycles. The number of anilines is 1. The Hall–Kier alpha value is -2.28. The summed E-state index contributed by atoms with van der Waals surface area (Å²) in [6, 6.07) is 6.24. The molecule has 0 bridgehead atoms. The van der Waals surface area contributed by atoms with Crippen molar-refractivity contribution in [3.8, 4) is 0 Å². The van der Waals surface area contributed by atoms with Gasteiger partial charge in [-0.15, -0.1) is 0 Å². The van der Waals surface area contributed by atoms with Gasteiger partial charge in [0, 0.05) is 6.20 Å². The van der Waals surface area contributed by atoms with Gasteiger partial charge in [0.2, 0.25) is 4.96 Å². The van der Waals surface area contributed by atoms with Crippen LogP contribution in [0.25, 0.3) is 11.2 Å². The molecule has 0 aliphatic rings. The fraction of sp³-hybridized carbons (Fsp3) is 0. The number of hydrogen-bond donors (Lipinski definition) is 1. The number of thiazole rings is 1. The molecule has 1 aromatic carbocycles. The second-order valence-corrected chi connectivity index (χ2v) is 4.50. The van der Waals surface area contributed by atoms with Crippen LogP contribution in [0.15, 0.2) is 35.4 Å². The van der Waals surface area contributed by atoms with E-state index < -0.39 is 0 Å². The van der Waals surface area contributed by atoms with Crippen LogP contribution in [0, 0.1) is 5.82 Å². The highest BCUT2D eigenvalue weighted by atomic mass is 32.1. The number of halogens is 1. The van der Waals surface area contributed by atoms with E-state index in [1.54, 1.807) is 18.2 Å². The van der Waals surface area contributed by atoms with E-state index in [0.29, 0.717) is 15.2 Å². The average molecular weight is 262 g/mol. The lowest BCUT2D eigenvalue weighted by molar-refractivity contribution is 0.632. The van der Waals surface area contributed by atoms with Crippen LogP contribution in [0.3, 0.4) is 0 Å². The van der Waals surface area contributed by atoms with Crippen LogP contribution in [-0.2, 0) is 0 Å². The minimum Gasteiger partial charge on any atom is -0.358 e. The minimum atomic E-state index is -0.374. The summed E-state index contributed by atoms with van der Waals surface area (Å²) < 4.78 is 15.0. The maximum atomic E-state index is 13.4. The van der Waals surface area contributed by atoms with Crippen molar-refractivity contribution in [1.82, 2.24) is 14.6 Å². The van der Waals surface area contributed by atoms with E-state index in [9.17, 15) is 9.18 Å². The number of para-hydroxylation sites is 1. The SMILES string of the molecule is O=c1/c(=C/Nc2ccccc2F)sc2ncnn12. The van der Waals surface area contributed by atoms with Gasteiger partial charge in [-0.3, -0.25) is 4.79 Å². The van der Waals surface area contributed by atoms with Gasteiger partial charge in [-0.1, -0.05) is 23.5 Å². The monoisotopic (exact) mass is 262 g/mol. The van der Waals surface area contributed by atoms with E-state index in [1.807, 2.05) is 0 Å². The van der Waals surface area contributed by atoms with Gasteiger partial charge in [0.05, 0.1) is 5.69 Å². The Morgan fingerprint density at radius 1 is 1.39 bits per heavy atom. The third-order valence-electron chi connectivity index (χ3n) is 2.35. The molecule has 0 atom stereocenters. The molecule has 0 radical (unpaired) electrons. The highest BCUT2D eigenvalue weighted by Crippen LogP contribution is 2.11. The van der Waals surface area contributed by atoms with Gasteiger partial charge < -0.3 is 5.32 Å². The van der Waals surface area contributed by atoms with Crippen molar-refractivity contribution < 1.29 is 4.39 Å². The first-order valence-electron chi connectivity index (χ1n) is 5.09. The zero-order chi connectivity index (χ0) is 12.5. The summed E-state index contributed by atoms with van der Waals surface area (Å²) in [5.74, 6) is -0.374. The molecule has 0 aliphatic carbocycles. The van der Waals surface area contributed by atoms with Crippen LogP contribution >= 0.6 is 11.3 Å². The molecular weight excluding hydrogens is 255 g/mol. The first kappa shape index (κ1) is 10.8. The zero-order valence-corrected chi connectivity index (χ0v) is 9.82. The van der Waals surface area contributed by atoms with Crippen LogP contribution in [0.4, 0.5) is 10.1 Å². The normalized spacial score (nSPS) is 12.2. The lowest BCUT2D eigenvalue weighted by Crippen LogP contribution is -2.24. The largest absolute Gasteiger partial charge is 0.358 e. The number of benzene rings is 1. The van der Waals surface area contributed by atoms with Crippen molar-refractivity contribution >= 4 is 28.2 Å². The smallest absolute Gasteiger partial charge is 0.292 e. The Balaban J connectivity index is 2.02. The molecule has 90 valence electrons. The third kappa shape index (κ3) is 1.74. The van der Waals surface area contributed by atoms with Crippen LogP contribution < -0.4 is 15.4 Å². The number of aromatic nitrogens is 3. The summed E-state index contributed by atoms with van der Waals surface area (Å²) in [5.41, 5.74) is 0.0484. The summed E-state index contributed by atoms with van der Waals surface area (Å²) >= 11 is 1.19. The summed E-state index contributed by atoms with van der Waals surface area (Å²) in [6.45, 7) is 0. The highest BCUT2D eigenvalue weighted by Gasteiger charge is 2.05. The van der Waals surface area contributed by atoms with Crippen molar-refractivity contribution in [2.45, 2.75) is 0 Å². The summed E-state index contributed by atoms with van der Waals surface area (Å²) in [6.07, 6.45) is 2.78. The fourth-order valence-corrected chi connectivity index (χ4v) is 2.30. The van der Waals surface area contributed by atoms with E-state index in [-0.39, 0.29) is 11.4 Å². The average Bonchev–Trinajstić information content (AvgIpc) is 2.93. The Morgan fingerprint density at radius 2 is 2.22 bits per heavy atom. The predicted octanol–water partition coefficient (Wildman–Crippen LogP) is 0.859. The number of nitrogens with one attached hydrogen (secondary N) is 1. The maximum absolute atomic E-state index is 13.4. The molecule has 0 unspecified atom stereocenters. The standard InChI is InChI=1S/C11H7FN4OS/c12-7-3-1-2-4-8(7)13-5-9-10(17)16-11(18-9)14-6-15-16/h1-6,13H/b9-5-. The molecule has 7 heteroatoms. The first-order valence-corrected chi connectivity index (χ1v) is 5.91. The second-order valence-electron chi connectivity index (χ2n) is 3.49. The van der Waals surface area contributed by atoms with Crippen LogP contribution in [0.1, 0.15) is 0 Å². The summed E-state index contributed by atoms with van der Waals surface area (Å²) in [7, 11) is 0. The molecule has 5 nitrogen and oxygen atoms in total. The van der Waals surface area contributed by atoms with Gasteiger partial charge in [0.1, 0.15) is 16.7 Å². The van der Waals surface area contributed by atoms with E-state index >= 15 is 0 Å². The molecule has 3 rings (SSSR count). The topological polar surface area (TPSA) is 59.3 Å². The molecule has 0 aliphatic heterocycles. The second kappa shape index (κ2) is 4.19. The predicted molar refractivity (Wildman–Crippen MR) is 66.8 cm³/mol. The number of fused-ring (bicyclic) bond motifs is 1. The number of nitrogens with zero attached hydrogens (tertiary/aromatic N) is 3. The maximum Gasteiger partial charge on any atom is 0.292 e. The summed E-state index contributed by atoms with van der Waals surface area (Å²) in [4.78, 5) is 16.2. The molecule has 0 fully saturated rings. The van der Waals surface area contributed by atoms with Gasteiger partial charge in [-0.05, 0) is 12.1 Å². The molecule has 18 heavy (non-hydrogen) atoms. The Kier molecular flexibility index (Phi) is 2.52. The third-order valence-corrected chi connectivity index (χ3v) is 3.33. The van der Waals surface area contributed by atoms with Crippen LogP contribution in [0.2, 0.25) is 0 Å². The number of rotatable bonds is 2. The Labute approximate surface area is 104 Å². The molecule has 0 spiro atoms. The van der Waals surface area contributed by atoms with Gasteiger partial charge >= 0.3 is 0 Å². The van der Waals surface area contributed by atoms with Crippen molar-refractivity contribution in [2.24, 2.45) is 0 Å². The molecule has 2 heterocycles. The molecule has 0 saturated carbocycles. The van der Waals surface area contributed by atoms with E-state index in [2.05, 4.69) is 15.4 Å². The lowest BCUT2D eigenvalue weighted by Gasteiger charge is -1.99. The van der Waals surface area contributed by atoms with E-state index in [1.165, 1.54) is 34.4 Å². The van der Waals surface area contributed by atoms with Gasteiger partial charge in [-0.25, -0.2) is 9.37 Å². The lowest BCUT2D eigenvalue weighted by atomic mass is 10.3. The van der Waals surface area contributed by atoms with Gasteiger partial charge in [0.15, 0.2) is 0 Å². The van der Waals surface area contributed by atoms with Crippen molar-refractivity contribution in [2.75, 3.05) is 5.32 Å². The van der Waals surface area contributed by atoms with Crippen molar-refractivity contribution in [3.63, 3.8) is 0 Å². The Morgan fingerprint density at radius 3 is 3.00 bits per heavy atom. The number of hydrogen-bond acceptors (Lipinski definition) is 5. The van der Waals surface area contributed by atoms with Gasteiger partial charge in [0.25, 0.3) is 5.56 Å². The van der Waals surface area contributed by atoms with Crippen molar-refractivity contribution in [3.05, 3.63) is 51.3 Å². The van der Waals surface area contributed by atoms with Gasteiger partial charge in [-0.2, -0.15) is 9.61 Å².